The van der Waals surface area contributed by atoms with Crippen molar-refractivity contribution in [1.29, 1.82) is 0 Å². The number of aryl methyl sites for hydroxylation is 1. The van der Waals surface area contributed by atoms with Crippen molar-refractivity contribution in [2.75, 3.05) is 13.2 Å². The molecule has 0 fully saturated rings. The van der Waals surface area contributed by atoms with Crippen LogP contribution in [-0.4, -0.2) is 19.1 Å². The highest BCUT2D eigenvalue weighted by atomic mass is 16.5. The van der Waals surface area contributed by atoms with Crippen LogP contribution in [0.15, 0.2) is 84.9 Å². The highest BCUT2D eigenvalue weighted by Gasteiger charge is 2.14. The molecule has 0 bridgehead atoms. The van der Waals surface area contributed by atoms with Crippen LogP contribution in [0.1, 0.15) is 41.9 Å². The summed E-state index contributed by atoms with van der Waals surface area (Å²) < 4.78 is 5.69. The van der Waals surface area contributed by atoms with Gasteiger partial charge < -0.3 is 10.1 Å². The number of carbonyl (C=O) groups is 1. The monoisotopic (exact) mass is 387 g/mol. The molecule has 3 aromatic rings. The first-order valence-electron chi connectivity index (χ1n) is 10.3. The van der Waals surface area contributed by atoms with E-state index < -0.39 is 0 Å². The molecule has 3 aromatic carbocycles. The van der Waals surface area contributed by atoms with E-state index >= 15 is 0 Å². The fraction of sp³-hybridized carbons (Fsp3) is 0.269. The molecule has 0 radical (unpaired) electrons. The van der Waals surface area contributed by atoms with Crippen LogP contribution in [0, 0.1) is 6.92 Å². The van der Waals surface area contributed by atoms with E-state index in [4.69, 9.17) is 4.74 Å². The third kappa shape index (κ3) is 6.79. The van der Waals surface area contributed by atoms with E-state index in [1.54, 1.807) is 0 Å². The predicted molar refractivity (Wildman–Crippen MR) is 118 cm³/mol. The average Bonchev–Trinajstić information content (AvgIpc) is 2.77. The predicted octanol–water partition coefficient (Wildman–Crippen LogP) is 5.49. The van der Waals surface area contributed by atoms with Gasteiger partial charge in [0.1, 0.15) is 5.75 Å². The summed E-state index contributed by atoms with van der Waals surface area (Å²) in [7, 11) is 0. The summed E-state index contributed by atoms with van der Waals surface area (Å²) in [6, 6.07) is 28.9. The van der Waals surface area contributed by atoms with Gasteiger partial charge in [0.05, 0.1) is 6.61 Å². The van der Waals surface area contributed by atoms with Gasteiger partial charge in [-0.15, -0.1) is 0 Å². The zero-order chi connectivity index (χ0) is 20.3. The molecule has 0 unspecified atom stereocenters. The van der Waals surface area contributed by atoms with Crippen molar-refractivity contribution in [1.82, 2.24) is 5.32 Å². The second-order valence-corrected chi connectivity index (χ2v) is 7.28. The van der Waals surface area contributed by atoms with Crippen molar-refractivity contribution < 1.29 is 9.53 Å². The third-order valence-electron chi connectivity index (χ3n) is 5.00. The summed E-state index contributed by atoms with van der Waals surface area (Å²) in [4.78, 5) is 12.2. The maximum atomic E-state index is 12.2. The van der Waals surface area contributed by atoms with Crippen LogP contribution in [0.4, 0.5) is 0 Å². The molecule has 3 rings (SSSR count). The SMILES string of the molecule is Cc1ccc(OCCCC(=O)NCCC(c2ccccc2)c2ccccc2)cc1. The molecule has 29 heavy (non-hydrogen) atoms. The maximum absolute atomic E-state index is 12.2. The summed E-state index contributed by atoms with van der Waals surface area (Å²) in [5.74, 6) is 1.21. The molecule has 150 valence electrons. The van der Waals surface area contributed by atoms with Crippen LogP contribution >= 0.6 is 0 Å². The summed E-state index contributed by atoms with van der Waals surface area (Å²) >= 11 is 0. The van der Waals surface area contributed by atoms with Gasteiger partial charge in [0.25, 0.3) is 0 Å². The topological polar surface area (TPSA) is 38.3 Å². The summed E-state index contributed by atoms with van der Waals surface area (Å²) in [6.07, 6.45) is 2.06. The molecule has 1 amide bonds. The Hall–Kier alpha value is -3.07. The summed E-state index contributed by atoms with van der Waals surface area (Å²) in [5.41, 5.74) is 3.76. The Bertz CT molecular complexity index is 821. The first-order valence-corrected chi connectivity index (χ1v) is 10.3. The van der Waals surface area contributed by atoms with Gasteiger partial charge >= 0.3 is 0 Å². The van der Waals surface area contributed by atoms with E-state index in [1.807, 2.05) is 43.3 Å². The molecule has 3 nitrogen and oxygen atoms in total. The minimum Gasteiger partial charge on any atom is -0.494 e. The van der Waals surface area contributed by atoms with Gasteiger partial charge in [-0.05, 0) is 43.0 Å². The van der Waals surface area contributed by atoms with Gasteiger partial charge in [0, 0.05) is 18.9 Å². The number of carbonyl (C=O) groups excluding carboxylic acids is 1. The van der Waals surface area contributed by atoms with Crippen LogP contribution in [0.25, 0.3) is 0 Å². The molecule has 0 aliphatic rings. The molecule has 0 spiro atoms. The van der Waals surface area contributed by atoms with Crippen molar-refractivity contribution in [3.63, 3.8) is 0 Å². The lowest BCUT2D eigenvalue weighted by Gasteiger charge is -2.18. The minimum atomic E-state index is 0.0809. The van der Waals surface area contributed by atoms with Gasteiger partial charge in [0.2, 0.25) is 5.91 Å². The minimum absolute atomic E-state index is 0.0809. The number of nitrogens with one attached hydrogen (secondary N) is 1. The van der Waals surface area contributed by atoms with Crippen LogP contribution in [0.2, 0.25) is 0 Å². The van der Waals surface area contributed by atoms with Crippen molar-refractivity contribution >= 4 is 5.91 Å². The summed E-state index contributed by atoms with van der Waals surface area (Å²) in [5, 5.41) is 3.06. The molecule has 0 aliphatic carbocycles. The van der Waals surface area contributed by atoms with Crippen molar-refractivity contribution in [2.45, 2.75) is 32.1 Å². The number of hydrogen-bond acceptors (Lipinski definition) is 2. The van der Waals surface area contributed by atoms with E-state index in [0.29, 0.717) is 26.0 Å². The molecule has 0 saturated heterocycles. The second kappa shape index (κ2) is 11.1. The molecule has 0 aromatic heterocycles. The Balaban J connectivity index is 1.42. The Morgan fingerprint density at radius 1 is 0.862 bits per heavy atom. The molecule has 0 atom stereocenters. The molecule has 3 heteroatoms. The molecule has 0 saturated carbocycles. The molecule has 1 N–H and O–H groups in total. The highest BCUT2D eigenvalue weighted by molar-refractivity contribution is 5.75. The van der Waals surface area contributed by atoms with Crippen molar-refractivity contribution in [3.8, 4) is 5.75 Å². The lowest BCUT2D eigenvalue weighted by Crippen LogP contribution is -2.26. The van der Waals surface area contributed by atoms with Crippen molar-refractivity contribution in [3.05, 3.63) is 102 Å². The van der Waals surface area contributed by atoms with Gasteiger partial charge in [-0.3, -0.25) is 4.79 Å². The number of hydrogen-bond donors (Lipinski definition) is 1. The van der Waals surface area contributed by atoms with E-state index in [9.17, 15) is 4.79 Å². The quantitative estimate of drug-likeness (QED) is 0.467. The van der Waals surface area contributed by atoms with Gasteiger partial charge in [0.15, 0.2) is 0 Å². The maximum Gasteiger partial charge on any atom is 0.220 e. The highest BCUT2D eigenvalue weighted by Crippen LogP contribution is 2.27. The standard InChI is InChI=1S/C26H29NO2/c1-21-14-16-24(17-15-21)29-20-8-13-26(28)27-19-18-25(22-9-4-2-5-10-22)23-11-6-3-7-12-23/h2-7,9-12,14-17,25H,8,13,18-20H2,1H3,(H,27,28). The van der Waals surface area contributed by atoms with Crippen LogP contribution < -0.4 is 10.1 Å². The Morgan fingerprint density at radius 3 is 2.03 bits per heavy atom. The van der Waals surface area contributed by atoms with Gasteiger partial charge in [-0.25, -0.2) is 0 Å². The first-order chi connectivity index (χ1) is 14.2. The fourth-order valence-electron chi connectivity index (χ4n) is 3.40. The molecule has 0 heterocycles. The third-order valence-corrected chi connectivity index (χ3v) is 5.00. The summed E-state index contributed by atoms with van der Waals surface area (Å²) in [6.45, 7) is 3.26. The van der Waals surface area contributed by atoms with E-state index in [2.05, 4.69) is 53.8 Å². The number of ether oxygens (including phenoxy) is 1. The first kappa shape index (κ1) is 20.7. The van der Waals surface area contributed by atoms with E-state index in [1.165, 1.54) is 16.7 Å². The Morgan fingerprint density at radius 2 is 1.45 bits per heavy atom. The van der Waals surface area contributed by atoms with Crippen molar-refractivity contribution in [2.24, 2.45) is 0 Å². The smallest absolute Gasteiger partial charge is 0.220 e. The lowest BCUT2D eigenvalue weighted by atomic mass is 9.88. The van der Waals surface area contributed by atoms with Gasteiger partial charge in [-0.1, -0.05) is 78.4 Å². The largest absolute Gasteiger partial charge is 0.494 e. The number of benzene rings is 3. The Labute approximate surface area is 173 Å². The Kier molecular flexibility index (Phi) is 7.88. The molecular formula is C26H29NO2. The fourth-order valence-corrected chi connectivity index (χ4v) is 3.40. The number of amides is 1. The van der Waals surface area contributed by atoms with E-state index in [-0.39, 0.29) is 11.8 Å². The van der Waals surface area contributed by atoms with E-state index in [0.717, 1.165) is 12.2 Å². The normalized spacial score (nSPS) is 10.7. The second-order valence-electron chi connectivity index (χ2n) is 7.28. The van der Waals surface area contributed by atoms with Crippen LogP contribution in [0.5, 0.6) is 5.75 Å². The zero-order valence-electron chi connectivity index (χ0n) is 17.0. The molecule has 0 aliphatic heterocycles. The van der Waals surface area contributed by atoms with Crippen LogP contribution in [0.3, 0.4) is 0 Å². The van der Waals surface area contributed by atoms with Gasteiger partial charge in [-0.2, -0.15) is 0 Å². The average molecular weight is 388 g/mol. The molecular weight excluding hydrogens is 358 g/mol. The zero-order valence-corrected chi connectivity index (χ0v) is 17.0. The number of rotatable bonds is 10. The lowest BCUT2D eigenvalue weighted by molar-refractivity contribution is -0.121. The van der Waals surface area contributed by atoms with Crippen LogP contribution in [-0.2, 0) is 4.79 Å².